The normalized spacial score (nSPS) is 10.2. The van der Waals surface area contributed by atoms with Crippen molar-refractivity contribution < 1.29 is 4.79 Å². The fourth-order valence-electron chi connectivity index (χ4n) is 1.67. The summed E-state index contributed by atoms with van der Waals surface area (Å²) in [6.07, 6.45) is 1.61. The zero-order valence-corrected chi connectivity index (χ0v) is 9.90. The fraction of sp³-hybridized carbons (Fsp3) is 0.154. The van der Waals surface area contributed by atoms with E-state index in [0.29, 0.717) is 11.4 Å². The number of aromatic nitrogens is 1. The predicted molar refractivity (Wildman–Crippen MR) is 69.1 cm³/mol. The number of amides is 1. The number of nitrogen functional groups attached to an aromatic ring is 1. The molecule has 0 aliphatic rings. The minimum atomic E-state index is -0.104. The topological polar surface area (TPSA) is 62.1 Å². The Morgan fingerprint density at radius 1 is 1.35 bits per heavy atom. The average Bonchev–Trinajstić information content (AvgIpc) is 2.74. The summed E-state index contributed by atoms with van der Waals surface area (Å²) < 4.78 is 0. The van der Waals surface area contributed by atoms with Crippen molar-refractivity contribution in [3.05, 3.63) is 47.8 Å². The van der Waals surface area contributed by atoms with E-state index in [0.717, 1.165) is 11.3 Å². The number of anilines is 2. The molecule has 0 fully saturated rings. The van der Waals surface area contributed by atoms with E-state index in [-0.39, 0.29) is 5.91 Å². The summed E-state index contributed by atoms with van der Waals surface area (Å²) in [5.41, 5.74) is 8.61. The summed E-state index contributed by atoms with van der Waals surface area (Å²) in [7, 11) is 1.74. The number of nitrogens with two attached hydrogens (primary N) is 1. The van der Waals surface area contributed by atoms with Crippen molar-refractivity contribution in [1.29, 1.82) is 0 Å². The number of benzene rings is 1. The molecular weight excluding hydrogens is 214 g/mol. The molecule has 4 heteroatoms. The smallest absolute Gasteiger partial charge is 0.274 e. The van der Waals surface area contributed by atoms with Gasteiger partial charge in [0, 0.05) is 24.6 Å². The Labute approximate surface area is 100 Å². The summed E-state index contributed by atoms with van der Waals surface area (Å²) in [5, 5.41) is 0. The molecule has 0 spiro atoms. The predicted octanol–water partition coefficient (Wildman–Crippen LogP) is 2.18. The van der Waals surface area contributed by atoms with Crippen LogP contribution < -0.4 is 10.6 Å². The van der Waals surface area contributed by atoms with Crippen LogP contribution in [0.1, 0.15) is 16.1 Å². The van der Waals surface area contributed by atoms with Crippen molar-refractivity contribution in [2.75, 3.05) is 17.7 Å². The van der Waals surface area contributed by atoms with Crippen LogP contribution in [-0.2, 0) is 0 Å². The first kappa shape index (κ1) is 11.3. The molecule has 17 heavy (non-hydrogen) atoms. The highest BCUT2D eigenvalue weighted by molar-refractivity contribution is 6.05. The summed E-state index contributed by atoms with van der Waals surface area (Å²) >= 11 is 0. The minimum absolute atomic E-state index is 0.104. The van der Waals surface area contributed by atoms with Crippen molar-refractivity contribution in [2.45, 2.75) is 6.92 Å². The van der Waals surface area contributed by atoms with E-state index in [9.17, 15) is 4.79 Å². The Bertz CT molecular complexity index is 545. The molecule has 1 aromatic heterocycles. The van der Waals surface area contributed by atoms with Crippen molar-refractivity contribution in [2.24, 2.45) is 0 Å². The summed E-state index contributed by atoms with van der Waals surface area (Å²) in [6, 6.07) is 9.42. The van der Waals surface area contributed by atoms with Gasteiger partial charge in [-0.3, -0.25) is 4.79 Å². The highest BCUT2D eigenvalue weighted by Gasteiger charge is 2.14. The van der Waals surface area contributed by atoms with Gasteiger partial charge in [0.05, 0.1) is 0 Å². The third kappa shape index (κ3) is 2.30. The molecule has 1 aromatic carbocycles. The van der Waals surface area contributed by atoms with E-state index in [4.69, 9.17) is 5.73 Å². The summed E-state index contributed by atoms with van der Waals surface area (Å²) in [5.74, 6) is -0.104. The zero-order valence-electron chi connectivity index (χ0n) is 9.90. The number of H-pyrrole nitrogens is 1. The van der Waals surface area contributed by atoms with Gasteiger partial charge < -0.3 is 15.6 Å². The van der Waals surface area contributed by atoms with E-state index in [1.54, 1.807) is 24.2 Å². The van der Waals surface area contributed by atoms with Crippen LogP contribution in [0.25, 0.3) is 0 Å². The molecule has 2 aromatic rings. The van der Waals surface area contributed by atoms with Crippen molar-refractivity contribution in [3.63, 3.8) is 0 Å². The number of rotatable bonds is 2. The molecule has 1 amide bonds. The minimum Gasteiger partial charge on any atom is -0.397 e. The zero-order chi connectivity index (χ0) is 12.4. The quantitative estimate of drug-likeness (QED) is 0.829. The third-order valence-corrected chi connectivity index (χ3v) is 2.63. The van der Waals surface area contributed by atoms with Gasteiger partial charge in [0.1, 0.15) is 5.69 Å². The maximum absolute atomic E-state index is 12.1. The van der Waals surface area contributed by atoms with E-state index in [2.05, 4.69) is 4.98 Å². The molecule has 4 nitrogen and oxygen atoms in total. The Kier molecular flexibility index (Phi) is 2.87. The number of hydrogen-bond donors (Lipinski definition) is 2. The molecular formula is C13H15N3O. The Hall–Kier alpha value is -2.23. The van der Waals surface area contributed by atoms with E-state index in [1.807, 2.05) is 31.2 Å². The molecule has 0 bridgehead atoms. The lowest BCUT2D eigenvalue weighted by Gasteiger charge is -2.16. The number of nitrogens with zero attached hydrogens (tertiary/aromatic N) is 1. The molecule has 88 valence electrons. The lowest BCUT2D eigenvalue weighted by atomic mass is 10.2. The molecule has 0 atom stereocenters. The van der Waals surface area contributed by atoms with Crippen LogP contribution in [-0.4, -0.2) is 17.9 Å². The van der Waals surface area contributed by atoms with Crippen LogP contribution in [0.3, 0.4) is 0 Å². The van der Waals surface area contributed by atoms with Gasteiger partial charge in [0.2, 0.25) is 0 Å². The van der Waals surface area contributed by atoms with Crippen LogP contribution in [0.2, 0.25) is 0 Å². The van der Waals surface area contributed by atoms with Crippen LogP contribution >= 0.6 is 0 Å². The van der Waals surface area contributed by atoms with Gasteiger partial charge >= 0.3 is 0 Å². The molecule has 0 saturated heterocycles. The first-order valence-electron chi connectivity index (χ1n) is 5.36. The van der Waals surface area contributed by atoms with Gasteiger partial charge in [-0.25, -0.2) is 0 Å². The monoisotopic (exact) mass is 229 g/mol. The molecule has 3 N–H and O–H groups in total. The molecule has 2 rings (SSSR count). The molecule has 0 saturated carbocycles. The number of carbonyl (C=O) groups is 1. The first-order valence-corrected chi connectivity index (χ1v) is 5.36. The van der Waals surface area contributed by atoms with Crippen molar-refractivity contribution in [3.8, 4) is 0 Å². The van der Waals surface area contributed by atoms with Gasteiger partial charge in [-0.2, -0.15) is 0 Å². The molecule has 0 aliphatic carbocycles. The summed E-state index contributed by atoms with van der Waals surface area (Å²) in [4.78, 5) is 16.6. The summed E-state index contributed by atoms with van der Waals surface area (Å²) in [6.45, 7) is 1.99. The Morgan fingerprint density at radius 2 is 2.12 bits per heavy atom. The van der Waals surface area contributed by atoms with Gasteiger partial charge in [-0.15, -0.1) is 0 Å². The van der Waals surface area contributed by atoms with Crippen molar-refractivity contribution in [1.82, 2.24) is 4.98 Å². The molecule has 1 heterocycles. The molecule has 0 aliphatic heterocycles. The Balaban J connectivity index is 2.26. The highest BCUT2D eigenvalue weighted by atomic mass is 16.2. The van der Waals surface area contributed by atoms with Crippen molar-refractivity contribution >= 4 is 17.3 Å². The third-order valence-electron chi connectivity index (χ3n) is 2.63. The van der Waals surface area contributed by atoms with Crippen LogP contribution in [0.4, 0.5) is 11.4 Å². The van der Waals surface area contributed by atoms with E-state index >= 15 is 0 Å². The van der Waals surface area contributed by atoms with Crippen LogP contribution in [0, 0.1) is 6.92 Å². The van der Waals surface area contributed by atoms with E-state index < -0.39 is 0 Å². The lowest BCUT2D eigenvalue weighted by molar-refractivity contribution is 0.0989. The maximum Gasteiger partial charge on any atom is 0.274 e. The second kappa shape index (κ2) is 4.33. The van der Waals surface area contributed by atoms with Gasteiger partial charge in [0.15, 0.2) is 0 Å². The average molecular weight is 229 g/mol. The molecule has 0 unspecified atom stereocenters. The maximum atomic E-state index is 12.1. The van der Waals surface area contributed by atoms with Gasteiger partial charge in [-0.1, -0.05) is 12.1 Å². The number of aromatic amines is 1. The largest absolute Gasteiger partial charge is 0.397 e. The Morgan fingerprint density at radius 3 is 2.71 bits per heavy atom. The van der Waals surface area contributed by atoms with Gasteiger partial charge in [0.25, 0.3) is 5.91 Å². The SMILES string of the molecule is Cc1cccc(N(C)C(=O)c2cc(N)c[nH]2)c1. The van der Waals surface area contributed by atoms with E-state index in [1.165, 1.54) is 0 Å². The van der Waals surface area contributed by atoms with Crippen LogP contribution in [0.5, 0.6) is 0 Å². The lowest BCUT2D eigenvalue weighted by Crippen LogP contribution is -2.26. The first-order chi connectivity index (χ1) is 8.08. The molecule has 0 radical (unpaired) electrons. The van der Waals surface area contributed by atoms with Gasteiger partial charge in [-0.05, 0) is 30.7 Å². The fourth-order valence-corrected chi connectivity index (χ4v) is 1.67. The number of nitrogens with one attached hydrogen (secondary N) is 1. The number of hydrogen-bond acceptors (Lipinski definition) is 2. The highest BCUT2D eigenvalue weighted by Crippen LogP contribution is 2.17. The number of aryl methyl sites for hydroxylation is 1. The standard InChI is InChI=1S/C13H15N3O/c1-9-4-3-5-11(6-9)16(2)13(17)12-7-10(14)8-15-12/h3-8,15H,14H2,1-2H3. The van der Waals surface area contributed by atoms with Crippen LogP contribution in [0.15, 0.2) is 36.5 Å². The number of carbonyl (C=O) groups excluding carboxylic acids is 1. The second-order valence-electron chi connectivity index (χ2n) is 4.05. The second-order valence-corrected chi connectivity index (χ2v) is 4.05.